The summed E-state index contributed by atoms with van der Waals surface area (Å²) in [5, 5.41) is 8.00. The Morgan fingerprint density at radius 3 is 2.80 bits per heavy atom. The van der Waals surface area contributed by atoms with Gasteiger partial charge in [-0.1, -0.05) is 0 Å². The highest BCUT2D eigenvalue weighted by molar-refractivity contribution is 7.89. The Balaban J connectivity index is 1.79. The van der Waals surface area contributed by atoms with Crippen LogP contribution in [0.2, 0.25) is 0 Å². The van der Waals surface area contributed by atoms with Crippen LogP contribution in [-0.4, -0.2) is 20.9 Å². The van der Waals surface area contributed by atoms with Crippen LogP contribution >= 0.6 is 0 Å². The van der Waals surface area contributed by atoms with E-state index < -0.39 is 10.0 Å². The Labute approximate surface area is 117 Å². The second-order valence-electron chi connectivity index (χ2n) is 5.32. The van der Waals surface area contributed by atoms with Gasteiger partial charge in [0.05, 0.1) is 10.9 Å². The van der Waals surface area contributed by atoms with Gasteiger partial charge in [-0.2, -0.15) is 0 Å². The third-order valence-corrected chi connectivity index (χ3v) is 4.51. The van der Waals surface area contributed by atoms with Crippen LogP contribution in [0.15, 0.2) is 23.1 Å². The highest BCUT2D eigenvalue weighted by Gasteiger charge is 2.30. The minimum absolute atomic E-state index is 0.0186. The summed E-state index contributed by atoms with van der Waals surface area (Å²) in [6.45, 7) is 0.319. The number of benzene rings is 1. The summed E-state index contributed by atoms with van der Waals surface area (Å²) >= 11 is 0. The summed E-state index contributed by atoms with van der Waals surface area (Å²) in [5.74, 6) is 1.08. The van der Waals surface area contributed by atoms with E-state index in [0.29, 0.717) is 30.3 Å². The fourth-order valence-corrected chi connectivity index (χ4v) is 2.88. The first-order chi connectivity index (χ1) is 9.43. The van der Waals surface area contributed by atoms with Crippen LogP contribution < -0.4 is 15.2 Å². The van der Waals surface area contributed by atoms with Gasteiger partial charge in [0.2, 0.25) is 15.9 Å². The molecule has 0 saturated heterocycles. The third-order valence-electron chi connectivity index (χ3n) is 3.60. The van der Waals surface area contributed by atoms with Gasteiger partial charge >= 0.3 is 0 Å². The quantitative estimate of drug-likeness (QED) is 0.853. The first-order valence-corrected chi connectivity index (χ1v) is 8.07. The number of sulfonamides is 1. The molecule has 1 aromatic carbocycles. The van der Waals surface area contributed by atoms with Crippen LogP contribution in [-0.2, 0) is 14.8 Å². The minimum Gasteiger partial charge on any atom is -0.491 e. The van der Waals surface area contributed by atoms with Gasteiger partial charge < -0.3 is 10.1 Å². The SMILES string of the molecule is NS(=O)(=O)c1ccc2c(c1)C(NC(=O)CC1CC1)CO2. The number of carbonyl (C=O) groups excluding carboxylic acids is 1. The molecule has 1 saturated carbocycles. The Bertz CT molecular complexity index is 652. The molecule has 7 heteroatoms. The molecule has 1 amide bonds. The lowest BCUT2D eigenvalue weighted by Gasteiger charge is -2.12. The van der Waals surface area contributed by atoms with Crippen LogP contribution in [0.5, 0.6) is 5.75 Å². The zero-order chi connectivity index (χ0) is 14.3. The van der Waals surface area contributed by atoms with Gasteiger partial charge in [-0.3, -0.25) is 4.79 Å². The molecule has 0 spiro atoms. The molecule has 1 atom stereocenters. The largest absolute Gasteiger partial charge is 0.491 e. The zero-order valence-corrected chi connectivity index (χ0v) is 11.7. The van der Waals surface area contributed by atoms with E-state index in [1.54, 1.807) is 6.07 Å². The molecule has 3 N–H and O–H groups in total. The highest BCUT2D eigenvalue weighted by atomic mass is 32.2. The average molecular weight is 296 g/mol. The van der Waals surface area contributed by atoms with E-state index in [9.17, 15) is 13.2 Å². The van der Waals surface area contributed by atoms with Crippen LogP contribution in [0.4, 0.5) is 0 Å². The zero-order valence-electron chi connectivity index (χ0n) is 10.8. The standard InChI is InChI=1S/C13H16N2O4S/c14-20(17,18)9-3-4-12-10(6-9)11(7-19-12)15-13(16)5-8-1-2-8/h3-4,6,8,11H,1-2,5,7H2,(H,15,16)(H2,14,17,18). The number of hydrogen-bond donors (Lipinski definition) is 2. The number of amides is 1. The maximum absolute atomic E-state index is 11.8. The van der Waals surface area contributed by atoms with Crippen LogP contribution in [0.1, 0.15) is 30.9 Å². The van der Waals surface area contributed by atoms with Gasteiger partial charge in [-0.25, -0.2) is 13.6 Å². The molecule has 6 nitrogen and oxygen atoms in total. The van der Waals surface area contributed by atoms with Crippen molar-refractivity contribution in [3.63, 3.8) is 0 Å². The number of rotatable bonds is 4. The summed E-state index contributed by atoms with van der Waals surface area (Å²) in [7, 11) is -3.75. The van der Waals surface area contributed by atoms with E-state index in [-0.39, 0.29) is 16.8 Å². The van der Waals surface area contributed by atoms with Crippen molar-refractivity contribution >= 4 is 15.9 Å². The smallest absolute Gasteiger partial charge is 0.238 e. The molecule has 0 bridgehead atoms. The van der Waals surface area contributed by atoms with E-state index in [1.807, 2.05) is 0 Å². The monoisotopic (exact) mass is 296 g/mol. The third kappa shape index (κ3) is 2.78. The van der Waals surface area contributed by atoms with Gasteiger partial charge in [0.1, 0.15) is 12.4 Å². The van der Waals surface area contributed by atoms with Crippen molar-refractivity contribution in [2.75, 3.05) is 6.61 Å². The average Bonchev–Trinajstić information content (AvgIpc) is 3.08. The van der Waals surface area contributed by atoms with E-state index in [4.69, 9.17) is 9.88 Å². The summed E-state index contributed by atoms with van der Waals surface area (Å²) in [4.78, 5) is 11.9. The maximum Gasteiger partial charge on any atom is 0.238 e. The Morgan fingerprint density at radius 1 is 1.40 bits per heavy atom. The second kappa shape index (κ2) is 4.75. The van der Waals surface area contributed by atoms with Crippen LogP contribution in [0.25, 0.3) is 0 Å². The number of nitrogens with two attached hydrogens (primary N) is 1. The molecular weight excluding hydrogens is 280 g/mol. The van der Waals surface area contributed by atoms with Crippen LogP contribution in [0.3, 0.4) is 0 Å². The van der Waals surface area contributed by atoms with Crippen molar-refractivity contribution in [2.24, 2.45) is 11.1 Å². The Hall–Kier alpha value is -1.60. The fourth-order valence-electron chi connectivity index (χ4n) is 2.33. The maximum atomic E-state index is 11.8. The van der Waals surface area contributed by atoms with Crippen LogP contribution in [0, 0.1) is 5.92 Å². The molecule has 3 rings (SSSR count). The van der Waals surface area contributed by atoms with Crippen molar-refractivity contribution in [1.29, 1.82) is 0 Å². The molecule has 1 heterocycles. The van der Waals surface area contributed by atoms with Crippen molar-refractivity contribution in [2.45, 2.75) is 30.2 Å². The van der Waals surface area contributed by atoms with Crippen molar-refractivity contribution in [1.82, 2.24) is 5.32 Å². The number of ether oxygens (including phenoxy) is 1. The van der Waals surface area contributed by atoms with E-state index >= 15 is 0 Å². The number of hydrogen-bond acceptors (Lipinski definition) is 4. The predicted molar refractivity (Wildman–Crippen MR) is 71.5 cm³/mol. The number of carbonyl (C=O) groups is 1. The minimum atomic E-state index is -3.75. The highest BCUT2D eigenvalue weighted by Crippen LogP contribution is 2.35. The van der Waals surface area contributed by atoms with Crippen molar-refractivity contribution in [3.8, 4) is 5.75 Å². The van der Waals surface area contributed by atoms with Crippen molar-refractivity contribution in [3.05, 3.63) is 23.8 Å². The number of nitrogens with one attached hydrogen (secondary N) is 1. The fraction of sp³-hybridized carbons (Fsp3) is 0.462. The first-order valence-electron chi connectivity index (χ1n) is 6.52. The number of primary sulfonamides is 1. The molecule has 108 valence electrons. The van der Waals surface area contributed by atoms with Gasteiger partial charge in [0.15, 0.2) is 0 Å². The summed E-state index contributed by atoms with van der Waals surface area (Å²) < 4.78 is 28.2. The lowest BCUT2D eigenvalue weighted by atomic mass is 10.1. The first kappa shape index (κ1) is 13.4. The van der Waals surface area contributed by atoms with E-state index in [0.717, 1.165) is 12.8 Å². The lowest BCUT2D eigenvalue weighted by Crippen LogP contribution is -2.29. The normalized spacial score (nSPS) is 21.1. The number of fused-ring (bicyclic) bond motifs is 1. The predicted octanol–water partition coefficient (Wildman–Crippen LogP) is 0.684. The summed E-state index contributed by atoms with van der Waals surface area (Å²) in [5.41, 5.74) is 0.667. The van der Waals surface area contributed by atoms with Gasteiger partial charge in [0, 0.05) is 12.0 Å². The topological polar surface area (TPSA) is 98.5 Å². The van der Waals surface area contributed by atoms with Gasteiger partial charge in [-0.05, 0) is 37.0 Å². The Morgan fingerprint density at radius 2 is 2.15 bits per heavy atom. The van der Waals surface area contributed by atoms with Gasteiger partial charge in [0.25, 0.3) is 0 Å². The molecule has 2 aliphatic rings. The summed E-state index contributed by atoms with van der Waals surface area (Å²) in [6.07, 6.45) is 2.75. The molecule has 20 heavy (non-hydrogen) atoms. The molecule has 0 aromatic heterocycles. The molecule has 1 unspecified atom stereocenters. The molecule has 1 aromatic rings. The van der Waals surface area contributed by atoms with E-state index in [1.165, 1.54) is 12.1 Å². The van der Waals surface area contributed by atoms with Gasteiger partial charge in [-0.15, -0.1) is 0 Å². The molecular formula is C13H16N2O4S. The Kier molecular flexibility index (Phi) is 3.18. The van der Waals surface area contributed by atoms with E-state index in [2.05, 4.69) is 5.32 Å². The van der Waals surface area contributed by atoms with Crippen molar-refractivity contribution < 1.29 is 17.9 Å². The molecule has 1 aliphatic carbocycles. The molecule has 1 aliphatic heterocycles. The lowest BCUT2D eigenvalue weighted by molar-refractivity contribution is -0.122. The molecule has 1 fully saturated rings. The summed E-state index contributed by atoms with van der Waals surface area (Å²) in [6, 6.07) is 4.14. The second-order valence-corrected chi connectivity index (χ2v) is 6.88. The molecule has 0 radical (unpaired) electrons.